The third-order valence-corrected chi connectivity index (χ3v) is 5.67. The van der Waals surface area contributed by atoms with Crippen LogP contribution in [0.15, 0.2) is 48.5 Å². The number of amides is 2. The summed E-state index contributed by atoms with van der Waals surface area (Å²) in [6.07, 6.45) is -0.156. The molecule has 2 aromatic rings. The second-order valence-electron chi connectivity index (χ2n) is 8.23. The van der Waals surface area contributed by atoms with E-state index >= 15 is 0 Å². The van der Waals surface area contributed by atoms with E-state index in [2.05, 4.69) is 22.8 Å². The Kier molecular flexibility index (Phi) is 6.63. The predicted octanol–water partition coefficient (Wildman–Crippen LogP) is 3.53. The molecule has 164 valence electrons. The zero-order valence-electron chi connectivity index (χ0n) is 18.0. The van der Waals surface area contributed by atoms with Crippen LogP contribution in [0.25, 0.3) is 11.1 Å². The Morgan fingerprint density at radius 2 is 1.58 bits per heavy atom. The smallest absolute Gasteiger partial charge is 0.407 e. The van der Waals surface area contributed by atoms with E-state index in [1.54, 1.807) is 6.92 Å². The van der Waals surface area contributed by atoms with E-state index in [0.717, 1.165) is 22.3 Å². The number of carboxylic acid groups (broad SMARTS) is 1. The molecule has 2 aromatic carbocycles. The summed E-state index contributed by atoms with van der Waals surface area (Å²) >= 11 is 0. The number of aliphatic carboxylic acids is 1. The molecule has 7 heteroatoms. The molecular formula is C24H28N2O5. The van der Waals surface area contributed by atoms with E-state index in [0.29, 0.717) is 6.42 Å². The molecule has 2 amide bonds. The molecule has 3 rings (SSSR count). The van der Waals surface area contributed by atoms with Crippen molar-refractivity contribution in [2.45, 2.75) is 38.6 Å². The number of rotatable bonds is 8. The molecule has 7 nitrogen and oxygen atoms in total. The summed E-state index contributed by atoms with van der Waals surface area (Å²) in [5.74, 6) is -2.15. The summed E-state index contributed by atoms with van der Waals surface area (Å²) in [5.41, 5.74) is 3.16. The van der Waals surface area contributed by atoms with Gasteiger partial charge in [0.1, 0.15) is 12.1 Å². The first-order chi connectivity index (χ1) is 14.7. The maximum atomic E-state index is 12.4. The van der Waals surface area contributed by atoms with Crippen molar-refractivity contribution in [3.8, 4) is 11.1 Å². The maximum absolute atomic E-state index is 12.4. The Labute approximate surface area is 181 Å². The summed E-state index contributed by atoms with van der Waals surface area (Å²) in [6.45, 7) is 4.89. The third-order valence-electron chi connectivity index (χ3n) is 5.67. The number of nitrogens with one attached hydrogen (secondary N) is 2. The van der Waals surface area contributed by atoms with Gasteiger partial charge >= 0.3 is 12.1 Å². The molecule has 0 aliphatic heterocycles. The Morgan fingerprint density at radius 3 is 2.10 bits per heavy atom. The van der Waals surface area contributed by atoms with Crippen LogP contribution >= 0.6 is 0 Å². The van der Waals surface area contributed by atoms with Crippen LogP contribution in [-0.2, 0) is 14.3 Å². The minimum atomic E-state index is -1.38. The number of fused-ring (bicyclic) bond motifs is 3. The molecule has 0 aromatic heterocycles. The number of alkyl carbamates (subject to hydrolysis) is 1. The molecule has 1 unspecified atom stereocenters. The standard InChI is InChI=1S/C24H28N2O5/c1-4-15(21(27)26-24(2,3)22(28)29)13-25-23(30)31-14-20-18-11-7-5-9-16(18)17-10-6-8-12-19(17)20/h5-12,15,20H,4,13-14H2,1-3H3,(H,25,30)(H,26,27)(H,28,29). The quantitative estimate of drug-likeness (QED) is 0.601. The highest BCUT2D eigenvalue weighted by atomic mass is 16.5. The molecule has 1 aliphatic carbocycles. The first-order valence-corrected chi connectivity index (χ1v) is 10.4. The van der Waals surface area contributed by atoms with E-state index in [-0.39, 0.29) is 19.1 Å². The first-order valence-electron chi connectivity index (χ1n) is 10.4. The van der Waals surface area contributed by atoms with Gasteiger partial charge in [-0.25, -0.2) is 9.59 Å². The van der Waals surface area contributed by atoms with Crippen LogP contribution in [0.2, 0.25) is 0 Å². The molecular weight excluding hydrogens is 396 g/mol. The largest absolute Gasteiger partial charge is 0.480 e. The Bertz CT molecular complexity index is 940. The van der Waals surface area contributed by atoms with Gasteiger partial charge < -0.3 is 20.5 Å². The number of carbonyl (C=O) groups is 3. The number of hydrogen-bond acceptors (Lipinski definition) is 4. The van der Waals surface area contributed by atoms with Gasteiger partial charge in [0.2, 0.25) is 5.91 Å². The zero-order valence-corrected chi connectivity index (χ0v) is 18.0. The van der Waals surface area contributed by atoms with Crippen molar-refractivity contribution in [1.29, 1.82) is 0 Å². The van der Waals surface area contributed by atoms with E-state index in [9.17, 15) is 19.5 Å². The van der Waals surface area contributed by atoms with Crippen molar-refractivity contribution < 1.29 is 24.2 Å². The normalized spacial score (nSPS) is 13.6. The third kappa shape index (κ3) is 4.87. The molecule has 0 heterocycles. The molecule has 1 atom stereocenters. The fraction of sp³-hybridized carbons (Fsp3) is 0.375. The summed E-state index contributed by atoms with van der Waals surface area (Å²) in [5, 5.41) is 14.3. The second kappa shape index (κ2) is 9.20. The van der Waals surface area contributed by atoms with Gasteiger partial charge in [-0.1, -0.05) is 55.5 Å². The average Bonchev–Trinajstić information content (AvgIpc) is 3.06. The van der Waals surface area contributed by atoms with Crippen molar-refractivity contribution >= 4 is 18.0 Å². The van der Waals surface area contributed by atoms with Gasteiger partial charge in [0.25, 0.3) is 0 Å². The van der Waals surface area contributed by atoms with Crippen LogP contribution in [0.1, 0.15) is 44.2 Å². The Hall–Kier alpha value is -3.35. The molecule has 0 fully saturated rings. The van der Waals surface area contributed by atoms with Gasteiger partial charge in [0.05, 0.1) is 5.92 Å². The van der Waals surface area contributed by atoms with Crippen LogP contribution < -0.4 is 10.6 Å². The van der Waals surface area contributed by atoms with Crippen molar-refractivity contribution in [3.63, 3.8) is 0 Å². The number of carboxylic acids is 1. The molecule has 1 aliphatic rings. The van der Waals surface area contributed by atoms with Gasteiger partial charge in [-0.05, 0) is 42.5 Å². The van der Waals surface area contributed by atoms with Gasteiger partial charge in [-0.3, -0.25) is 4.79 Å². The number of benzene rings is 2. The highest BCUT2D eigenvalue weighted by Gasteiger charge is 2.32. The molecule has 0 bridgehead atoms. The van der Waals surface area contributed by atoms with Crippen molar-refractivity contribution in [2.75, 3.05) is 13.2 Å². The molecule has 3 N–H and O–H groups in total. The highest BCUT2D eigenvalue weighted by Crippen LogP contribution is 2.44. The monoisotopic (exact) mass is 424 g/mol. The highest BCUT2D eigenvalue weighted by molar-refractivity contribution is 5.87. The van der Waals surface area contributed by atoms with E-state index in [1.165, 1.54) is 13.8 Å². The fourth-order valence-corrected chi connectivity index (χ4v) is 3.74. The summed E-state index contributed by atoms with van der Waals surface area (Å²) in [4.78, 5) is 35.9. The maximum Gasteiger partial charge on any atom is 0.407 e. The van der Waals surface area contributed by atoms with E-state index < -0.39 is 29.4 Å². The van der Waals surface area contributed by atoms with Gasteiger partial charge in [0.15, 0.2) is 0 Å². The van der Waals surface area contributed by atoms with Crippen LogP contribution in [0.5, 0.6) is 0 Å². The first kappa shape index (κ1) is 22.3. The number of carbonyl (C=O) groups excluding carboxylic acids is 2. The lowest BCUT2D eigenvalue weighted by Crippen LogP contribution is -2.52. The lowest BCUT2D eigenvalue weighted by atomic mass is 9.98. The molecule has 31 heavy (non-hydrogen) atoms. The minimum Gasteiger partial charge on any atom is -0.480 e. The summed E-state index contributed by atoms with van der Waals surface area (Å²) < 4.78 is 5.48. The molecule has 0 saturated carbocycles. The van der Waals surface area contributed by atoms with Crippen molar-refractivity contribution in [1.82, 2.24) is 10.6 Å². The molecule has 0 radical (unpaired) electrons. The Balaban J connectivity index is 1.57. The zero-order chi connectivity index (χ0) is 22.6. The lowest BCUT2D eigenvalue weighted by Gasteiger charge is -2.24. The van der Waals surface area contributed by atoms with E-state index in [4.69, 9.17) is 4.74 Å². The predicted molar refractivity (Wildman–Crippen MR) is 117 cm³/mol. The summed E-state index contributed by atoms with van der Waals surface area (Å²) in [6, 6.07) is 16.2. The summed E-state index contributed by atoms with van der Waals surface area (Å²) in [7, 11) is 0. The number of ether oxygens (including phenoxy) is 1. The minimum absolute atomic E-state index is 0.0419. The van der Waals surface area contributed by atoms with Crippen LogP contribution in [0.4, 0.5) is 4.79 Å². The van der Waals surface area contributed by atoms with E-state index in [1.807, 2.05) is 36.4 Å². The second-order valence-corrected chi connectivity index (χ2v) is 8.23. The van der Waals surface area contributed by atoms with Gasteiger partial charge in [-0.2, -0.15) is 0 Å². The molecule has 0 spiro atoms. The van der Waals surface area contributed by atoms with Crippen LogP contribution in [-0.4, -0.2) is 41.8 Å². The molecule has 0 saturated heterocycles. The van der Waals surface area contributed by atoms with Crippen molar-refractivity contribution in [2.24, 2.45) is 5.92 Å². The fourth-order valence-electron chi connectivity index (χ4n) is 3.74. The van der Waals surface area contributed by atoms with Gasteiger partial charge in [0, 0.05) is 12.5 Å². The van der Waals surface area contributed by atoms with Gasteiger partial charge in [-0.15, -0.1) is 0 Å². The average molecular weight is 424 g/mol. The number of hydrogen-bond donors (Lipinski definition) is 3. The topological polar surface area (TPSA) is 105 Å². The van der Waals surface area contributed by atoms with Crippen LogP contribution in [0.3, 0.4) is 0 Å². The SMILES string of the molecule is CCC(CNC(=O)OCC1c2ccccc2-c2ccccc21)C(=O)NC(C)(C)C(=O)O. The van der Waals surface area contributed by atoms with Crippen molar-refractivity contribution in [3.05, 3.63) is 59.7 Å². The van der Waals surface area contributed by atoms with Crippen LogP contribution in [0, 0.1) is 5.92 Å². The Morgan fingerprint density at radius 1 is 1.03 bits per heavy atom. The lowest BCUT2D eigenvalue weighted by molar-refractivity contribution is -0.146.